The molecule has 0 saturated heterocycles. The average molecular weight is 313 g/mol. The topological polar surface area (TPSA) is 75.4 Å². The summed E-state index contributed by atoms with van der Waals surface area (Å²) in [6.45, 7) is 4.08. The summed E-state index contributed by atoms with van der Waals surface area (Å²) in [5.74, 6) is 0. The molecule has 1 aromatic rings. The van der Waals surface area contributed by atoms with E-state index in [0.29, 0.717) is 11.4 Å². The van der Waals surface area contributed by atoms with Crippen molar-refractivity contribution in [2.24, 2.45) is 5.73 Å². The molecule has 5 nitrogen and oxygen atoms in total. The quantitative estimate of drug-likeness (QED) is 0.647. The Hall–Kier alpha value is -1.11. The molecule has 0 fully saturated rings. The van der Waals surface area contributed by atoms with E-state index in [9.17, 15) is 8.42 Å². The van der Waals surface area contributed by atoms with E-state index in [1.165, 1.54) is 0 Å². The van der Waals surface area contributed by atoms with Crippen molar-refractivity contribution in [3.8, 4) is 0 Å². The van der Waals surface area contributed by atoms with Crippen molar-refractivity contribution in [3.05, 3.63) is 24.3 Å². The molecule has 3 N–H and O–H groups in total. The SMILES string of the molecule is CCCNS(=O)(=O)c1ccc(N(C)CCCCCN)cc1. The zero-order valence-corrected chi connectivity index (χ0v) is 13.8. The summed E-state index contributed by atoms with van der Waals surface area (Å²) >= 11 is 0. The number of nitrogens with two attached hydrogens (primary N) is 1. The lowest BCUT2D eigenvalue weighted by Gasteiger charge is -2.19. The van der Waals surface area contributed by atoms with E-state index >= 15 is 0 Å². The van der Waals surface area contributed by atoms with Crippen LogP contribution in [-0.2, 0) is 10.0 Å². The van der Waals surface area contributed by atoms with Gasteiger partial charge in [-0.3, -0.25) is 0 Å². The minimum Gasteiger partial charge on any atom is -0.375 e. The maximum absolute atomic E-state index is 12.0. The van der Waals surface area contributed by atoms with Crippen LogP contribution in [0.5, 0.6) is 0 Å². The van der Waals surface area contributed by atoms with Crippen molar-refractivity contribution < 1.29 is 8.42 Å². The summed E-state index contributed by atoms with van der Waals surface area (Å²) in [4.78, 5) is 2.45. The highest BCUT2D eigenvalue weighted by Gasteiger charge is 2.13. The largest absolute Gasteiger partial charge is 0.375 e. The number of nitrogens with one attached hydrogen (secondary N) is 1. The van der Waals surface area contributed by atoms with Crippen LogP contribution < -0.4 is 15.4 Å². The third-order valence-corrected chi connectivity index (χ3v) is 4.80. The van der Waals surface area contributed by atoms with Crippen LogP contribution in [0, 0.1) is 0 Å². The second-order valence-electron chi connectivity index (χ2n) is 5.16. The van der Waals surface area contributed by atoms with Crippen LogP contribution in [0.2, 0.25) is 0 Å². The number of hydrogen-bond donors (Lipinski definition) is 2. The Morgan fingerprint density at radius 2 is 1.81 bits per heavy atom. The Morgan fingerprint density at radius 3 is 2.38 bits per heavy atom. The van der Waals surface area contributed by atoms with Gasteiger partial charge in [-0.15, -0.1) is 0 Å². The van der Waals surface area contributed by atoms with Gasteiger partial charge in [-0.2, -0.15) is 0 Å². The third kappa shape index (κ3) is 6.03. The molecule has 0 atom stereocenters. The van der Waals surface area contributed by atoms with E-state index < -0.39 is 10.0 Å². The standard InChI is InChI=1S/C15H27N3O2S/c1-3-12-17-21(19,20)15-9-7-14(8-10-15)18(2)13-6-4-5-11-16/h7-10,17H,3-6,11-13,16H2,1-2H3. The monoisotopic (exact) mass is 313 g/mol. The molecule has 0 bridgehead atoms. The Morgan fingerprint density at radius 1 is 1.14 bits per heavy atom. The second-order valence-corrected chi connectivity index (χ2v) is 6.93. The minimum absolute atomic E-state index is 0.316. The molecule has 0 saturated carbocycles. The summed E-state index contributed by atoms with van der Waals surface area (Å²) in [5, 5.41) is 0. The van der Waals surface area contributed by atoms with Gasteiger partial charge >= 0.3 is 0 Å². The second kappa shape index (κ2) is 9.02. The molecule has 0 aliphatic heterocycles. The normalized spacial score (nSPS) is 11.6. The van der Waals surface area contributed by atoms with Gasteiger partial charge in [0, 0.05) is 25.8 Å². The van der Waals surface area contributed by atoms with E-state index in [4.69, 9.17) is 5.73 Å². The van der Waals surface area contributed by atoms with Crippen LogP contribution >= 0.6 is 0 Å². The maximum Gasteiger partial charge on any atom is 0.240 e. The first-order chi connectivity index (χ1) is 10.0. The molecule has 0 amide bonds. The number of benzene rings is 1. The molecule has 0 aromatic heterocycles. The average Bonchev–Trinajstić information content (AvgIpc) is 2.49. The number of hydrogen-bond acceptors (Lipinski definition) is 4. The van der Waals surface area contributed by atoms with Gasteiger partial charge in [0.15, 0.2) is 0 Å². The molecule has 0 unspecified atom stereocenters. The van der Waals surface area contributed by atoms with E-state index in [-0.39, 0.29) is 0 Å². The van der Waals surface area contributed by atoms with Crippen molar-refractivity contribution in [1.29, 1.82) is 0 Å². The number of anilines is 1. The van der Waals surface area contributed by atoms with Crippen LogP contribution in [0.4, 0.5) is 5.69 Å². The predicted molar refractivity (Wildman–Crippen MR) is 88.1 cm³/mol. The first kappa shape index (κ1) is 17.9. The van der Waals surface area contributed by atoms with E-state index in [1.807, 2.05) is 26.1 Å². The van der Waals surface area contributed by atoms with Crippen LogP contribution in [0.25, 0.3) is 0 Å². The Kier molecular flexibility index (Phi) is 7.71. The lowest BCUT2D eigenvalue weighted by atomic mass is 10.2. The molecule has 0 radical (unpaired) electrons. The Bertz CT molecular complexity index is 500. The zero-order valence-electron chi connectivity index (χ0n) is 13.0. The van der Waals surface area contributed by atoms with Gasteiger partial charge < -0.3 is 10.6 Å². The van der Waals surface area contributed by atoms with Crippen LogP contribution in [0.15, 0.2) is 29.2 Å². The van der Waals surface area contributed by atoms with Crippen molar-refractivity contribution in [2.75, 3.05) is 31.6 Å². The Balaban J connectivity index is 2.60. The summed E-state index contributed by atoms with van der Waals surface area (Å²) in [5.41, 5.74) is 6.50. The number of rotatable bonds is 10. The number of sulfonamides is 1. The molecular weight excluding hydrogens is 286 g/mol. The van der Waals surface area contributed by atoms with Gasteiger partial charge in [-0.25, -0.2) is 13.1 Å². The highest BCUT2D eigenvalue weighted by molar-refractivity contribution is 7.89. The predicted octanol–water partition coefficient (Wildman–Crippen LogP) is 1.94. The van der Waals surface area contributed by atoms with Crippen LogP contribution in [-0.4, -0.2) is 35.1 Å². The van der Waals surface area contributed by atoms with Gasteiger partial charge in [0.1, 0.15) is 0 Å². The lowest BCUT2D eigenvalue weighted by molar-refractivity contribution is 0.581. The lowest BCUT2D eigenvalue weighted by Crippen LogP contribution is -2.24. The molecular formula is C15H27N3O2S. The van der Waals surface area contributed by atoms with Crippen molar-refractivity contribution >= 4 is 15.7 Å². The molecule has 0 spiro atoms. The van der Waals surface area contributed by atoms with Crippen LogP contribution in [0.3, 0.4) is 0 Å². The van der Waals surface area contributed by atoms with Gasteiger partial charge in [-0.05, 0) is 50.1 Å². The van der Waals surface area contributed by atoms with Crippen LogP contribution in [0.1, 0.15) is 32.6 Å². The fourth-order valence-corrected chi connectivity index (χ4v) is 3.13. The van der Waals surface area contributed by atoms with Gasteiger partial charge in [0.05, 0.1) is 4.90 Å². The van der Waals surface area contributed by atoms with Crippen molar-refractivity contribution in [1.82, 2.24) is 4.72 Å². The van der Waals surface area contributed by atoms with E-state index in [0.717, 1.165) is 44.5 Å². The van der Waals surface area contributed by atoms with E-state index in [2.05, 4.69) is 9.62 Å². The molecule has 120 valence electrons. The summed E-state index contributed by atoms with van der Waals surface area (Å²) in [7, 11) is -1.36. The summed E-state index contributed by atoms with van der Waals surface area (Å²) < 4.78 is 26.5. The zero-order chi connectivity index (χ0) is 15.7. The molecule has 0 aliphatic carbocycles. The molecule has 1 aromatic carbocycles. The highest BCUT2D eigenvalue weighted by atomic mass is 32.2. The molecule has 0 aliphatic rings. The maximum atomic E-state index is 12.0. The molecule has 6 heteroatoms. The van der Waals surface area contributed by atoms with Gasteiger partial charge in [0.25, 0.3) is 0 Å². The smallest absolute Gasteiger partial charge is 0.240 e. The molecule has 21 heavy (non-hydrogen) atoms. The fourth-order valence-electron chi connectivity index (χ4n) is 2.00. The third-order valence-electron chi connectivity index (χ3n) is 3.33. The number of unbranched alkanes of at least 4 members (excludes halogenated alkanes) is 2. The van der Waals surface area contributed by atoms with Crippen molar-refractivity contribution in [2.45, 2.75) is 37.5 Å². The molecule has 0 heterocycles. The highest BCUT2D eigenvalue weighted by Crippen LogP contribution is 2.17. The number of nitrogens with zero attached hydrogens (tertiary/aromatic N) is 1. The van der Waals surface area contributed by atoms with Gasteiger partial charge in [0.2, 0.25) is 10.0 Å². The fraction of sp³-hybridized carbons (Fsp3) is 0.600. The van der Waals surface area contributed by atoms with E-state index in [1.54, 1.807) is 12.1 Å². The van der Waals surface area contributed by atoms with Gasteiger partial charge in [-0.1, -0.05) is 13.3 Å². The first-order valence-electron chi connectivity index (χ1n) is 7.52. The molecule has 1 rings (SSSR count). The summed E-state index contributed by atoms with van der Waals surface area (Å²) in [6, 6.07) is 7.01. The Labute approximate surface area is 128 Å². The first-order valence-corrected chi connectivity index (χ1v) is 9.00. The van der Waals surface area contributed by atoms with Crippen molar-refractivity contribution in [3.63, 3.8) is 0 Å². The summed E-state index contributed by atoms with van der Waals surface area (Å²) in [6.07, 6.45) is 4.04. The minimum atomic E-state index is -3.37.